The zero-order valence-electron chi connectivity index (χ0n) is 3.68. The van der Waals surface area contributed by atoms with E-state index in [1.54, 1.807) is 0 Å². The fourth-order valence-electron chi connectivity index (χ4n) is 0.223. The SMILES string of the molecule is Cc1nnsc1Br. The van der Waals surface area contributed by atoms with Crippen LogP contribution in [-0.2, 0) is 0 Å². The largest absolute Gasteiger partial charge is 0.142 e. The summed E-state index contributed by atoms with van der Waals surface area (Å²) in [5, 5.41) is 3.74. The fraction of sp³-hybridized carbons (Fsp3) is 0.333. The molecule has 1 rings (SSSR count). The Hall–Kier alpha value is 0.0400. The van der Waals surface area contributed by atoms with Crippen LogP contribution in [0.25, 0.3) is 0 Å². The van der Waals surface area contributed by atoms with Crippen molar-refractivity contribution in [1.82, 2.24) is 9.59 Å². The minimum Gasteiger partial charge on any atom is -0.142 e. The van der Waals surface area contributed by atoms with E-state index < -0.39 is 0 Å². The first kappa shape index (κ1) is 5.18. The molecule has 2 nitrogen and oxygen atoms in total. The van der Waals surface area contributed by atoms with Crippen LogP contribution in [-0.4, -0.2) is 9.59 Å². The summed E-state index contributed by atoms with van der Waals surface area (Å²) in [6, 6.07) is 0. The third-order valence-electron chi connectivity index (χ3n) is 0.596. The molecule has 0 saturated heterocycles. The van der Waals surface area contributed by atoms with Gasteiger partial charge >= 0.3 is 0 Å². The summed E-state index contributed by atoms with van der Waals surface area (Å²) in [5.41, 5.74) is 0.963. The lowest BCUT2D eigenvalue weighted by molar-refractivity contribution is 1.08. The van der Waals surface area contributed by atoms with Crippen LogP contribution in [0.5, 0.6) is 0 Å². The van der Waals surface area contributed by atoms with Crippen LogP contribution < -0.4 is 0 Å². The predicted octanol–water partition coefficient (Wildman–Crippen LogP) is 1.61. The van der Waals surface area contributed by atoms with Gasteiger partial charge in [-0.3, -0.25) is 0 Å². The zero-order valence-corrected chi connectivity index (χ0v) is 6.08. The van der Waals surface area contributed by atoms with Crippen LogP contribution in [0.3, 0.4) is 0 Å². The summed E-state index contributed by atoms with van der Waals surface area (Å²) < 4.78 is 4.69. The maximum atomic E-state index is 3.74. The van der Waals surface area contributed by atoms with Crippen molar-refractivity contribution < 1.29 is 0 Å². The lowest BCUT2D eigenvalue weighted by Crippen LogP contribution is -1.67. The average Bonchev–Trinajstić information content (AvgIpc) is 1.91. The van der Waals surface area contributed by atoms with Crippen molar-refractivity contribution in [3.8, 4) is 0 Å². The van der Waals surface area contributed by atoms with E-state index in [0.29, 0.717) is 0 Å². The Bertz CT molecular complexity index is 145. The van der Waals surface area contributed by atoms with Crippen molar-refractivity contribution >= 4 is 27.5 Å². The maximum Gasteiger partial charge on any atom is 0.114 e. The molecule has 0 aromatic carbocycles. The van der Waals surface area contributed by atoms with E-state index in [4.69, 9.17) is 0 Å². The third kappa shape index (κ3) is 0.978. The van der Waals surface area contributed by atoms with Crippen LogP contribution >= 0.6 is 27.5 Å². The van der Waals surface area contributed by atoms with Crippen LogP contribution in [0.15, 0.2) is 3.79 Å². The first-order chi connectivity index (χ1) is 3.30. The number of halogens is 1. The summed E-state index contributed by atoms with van der Waals surface area (Å²) in [6.07, 6.45) is 0. The molecule has 0 N–H and O–H groups in total. The predicted molar refractivity (Wildman–Crippen MR) is 32.3 cm³/mol. The van der Waals surface area contributed by atoms with E-state index in [1.807, 2.05) is 6.92 Å². The highest BCUT2D eigenvalue weighted by Crippen LogP contribution is 2.15. The lowest BCUT2D eigenvalue weighted by Gasteiger charge is -1.72. The number of aryl methyl sites for hydroxylation is 1. The quantitative estimate of drug-likeness (QED) is 0.604. The number of aromatic nitrogens is 2. The molecule has 7 heavy (non-hydrogen) atoms. The van der Waals surface area contributed by atoms with Crippen LogP contribution in [0, 0.1) is 6.92 Å². The van der Waals surface area contributed by atoms with E-state index >= 15 is 0 Å². The second-order valence-electron chi connectivity index (χ2n) is 1.13. The number of hydrogen-bond acceptors (Lipinski definition) is 3. The van der Waals surface area contributed by atoms with Gasteiger partial charge in [-0.1, -0.05) is 4.49 Å². The average molecular weight is 179 g/mol. The molecule has 0 atom stereocenters. The van der Waals surface area contributed by atoms with Gasteiger partial charge in [0.25, 0.3) is 0 Å². The van der Waals surface area contributed by atoms with Crippen molar-refractivity contribution in [2.75, 3.05) is 0 Å². The Morgan fingerprint density at radius 1 is 1.71 bits per heavy atom. The van der Waals surface area contributed by atoms with Crippen molar-refractivity contribution in [2.45, 2.75) is 6.92 Å². The molecule has 0 aliphatic rings. The monoisotopic (exact) mass is 178 g/mol. The number of rotatable bonds is 0. The molecule has 0 saturated carbocycles. The normalized spacial score (nSPS) is 9.43. The van der Waals surface area contributed by atoms with E-state index in [-0.39, 0.29) is 0 Å². The molecule has 0 spiro atoms. The standard InChI is InChI=1S/C3H3BrN2S/c1-2-3(4)7-6-5-2/h1H3. The van der Waals surface area contributed by atoms with E-state index in [2.05, 4.69) is 25.5 Å². The van der Waals surface area contributed by atoms with Gasteiger partial charge in [-0.05, 0) is 34.4 Å². The van der Waals surface area contributed by atoms with Crippen LogP contribution in [0.2, 0.25) is 0 Å². The zero-order chi connectivity index (χ0) is 5.28. The number of nitrogens with zero attached hydrogens (tertiary/aromatic N) is 2. The van der Waals surface area contributed by atoms with Crippen molar-refractivity contribution in [2.24, 2.45) is 0 Å². The second-order valence-corrected chi connectivity index (χ2v) is 3.20. The Labute approximate surface area is 53.9 Å². The highest BCUT2D eigenvalue weighted by Gasteiger charge is 1.93. The first-order valence-electron chi connectivity index (χ1n) is 1.75. The summed E-state index contributed by atoms with van der Waals surface area (Å²) in [6.45, 7) is 1.91. The van der Waals surface area contributed by atoms with Gasteiger partial charge < -0.3 is 0 Å². The van der Waals surface area contributed by atoms with Gasteiger partial charge in [-0.2, -0.15) is 0 Å². The van der Waals surface area contributed by atoms with Gasteiger partial charge in [-0.15, -0.1) is 5.10 Å². The van der Waals surface area contributed by atoms with Gasteiger partial charge in [0.05, 0.1) is 5.69 Å². The smallest absolute Gasteiger partial charge is 0.114 e. The second kappa shape index (κ2) is 1.88. The molecule has 0 aliphatic carbocycles. The molecule has 0 bridgehead atoms. The van der Waals surface area contributed by atoms with E-state index in [1.165, 1.54) is 11.5 Å². The summed E-state index contributed by atoms with van der Waals surface area (Å²) in [4.78, 5) is 0. The Morgan fingerprint density at radius 3 is 2.57 bits per heavy atom. The topological polar surface area (TPSA) is 25.8 Å². The Balaban J connectivity index is 3.12. The van der Waals surface area contributed by atoms with Crippen LogP contribution in [0.4, 0.5) is 0 Å². The number of hydrogen-bond donors (Lipinski definition) is 0. The molecule has 4 heteroatoms. The molecular formula is C3H3BrN2S. The summed E-state index contributed by atoms with van der Waals surface area (Å²) >= 11 is 4.62. The van der Waals surface area contributed by atoms with Crippen LogP contribution in [0.1, 0.15) is 5.69 Å². The van der Waals surface area contributed by atoms with Gasteiger partial charge in [0, 0.05) is 0 Å². The highest BCUT2D eigenvalue weighted by molar-refractivity contribution is 9.11. The molecule has 0 radical (unpaired) electrons. The van der Waals surface area contributed by atoms with Crippen molar-refractivity contribution in [3.63, 3.8) is 0 Å². The molecule has 0 fully saturated rings. The first-order valence-corrected chi connectivity index (χ1v) is 3.32. The van der Waals surface area contributed by atoms with E-state index in [9.17, 15) is 0 Å². The molecular weight excluding hydrogens is 176 g/mol. The summed E-state index contributed by atoms with van der Waals surface area (Å²) in [5.74, 6) is 0. The third-order valence-corrected chi connectivity index (χ3v) is 2.22. The highest BCUT2D eigenvalue weighted by atomic mass is 79.9. The lowest BCUT2D eigenvalue weighted by atomic mass is 10.6. The van der Waals surface area contributed by atoms with Crippen molar-refractivity contribution in [1.29, 1.82) is 0 Å². The Morgan fingerprint density at radius 2 is 2.43 bits per heavy atom. The molecule has 1 aromatic rings. The van der Waals surface area contributed by atoms with Gasteiger partial charge in [-0.25, -0.2) is 0 Å². The molecule has 0 aliphatic heterocycles. The van der Waals surface area contributed by atoms with Crippen molar-refractivity contribution in [3.05, 3.63) is 9.48 Å². The summed E-state index contributed by atoms with van der Waals surface area (Å²) in [7, 11) is 0. The minimum atomic E-state index is 0.963. The fourth-order valence-corrected chi connectivity index (χ4v) is 0.904. The minimum absolute atomic E-state index is 0.963. The van der Waals surface area contributed by atoms with Gasteiger partial charge in [0.2, 0.25) is 0 Å². The molecule has 0 unspecified atom stereocenters. The molecule has 1 aromatic heterocycles. The van der Waals surface area contributed by atoms with E-state index in [0.717, 1.165) is 9.48 Å². The van der Waals surface area contributed by atoms with Gasteiger partial charge in [0.15, 0.2) is 0 Å². The molecule has 38 valence electrons. The molecule has 0 amide bonds. The maximum absolute atomic E-state index is 3.74. The molecule has 1 heterocycles. The Kier molecular flexibility index (Phi) is 1.39. The van der Waals surface area contributed by atoms with Gasteiger partial charge in [0.1, 0.15) is 3.79 Å².